The molecule has 0 aromatic rings. The molecule has 0 saturated carbocycles. The molecule has 0 aromatic heterocycles. The van der Waals surface area contributed by atoms with Crippen molar-refractivity contribution >= 4 is 17.7 Å². The summed E-state index contributed by atoms with van der Waals surface area (Å²) in [6.45, 7) is 6.01. The van der Waals surface area contributed by atoms with E-state index >= 15 is 0 Å². The van der Waals surface area contributed by atoms with Crippen LogP contribution in [0.25, 0.3) is 0 Å². The lowest BCUT2D eigenvalue weighted by Gasteiger charge is -2.17. The average Bonchev–Trinajstić information content (AvgIpc) is 2.30. The monoisotopic (exact) mass is 300 g/mol. The Bertz CT molecular complexity index is 413. The van der Waals surface area contributed by atoms with Gasteiger partial charge in [-0.05, 0) is 33.1 Å². The van der Waals surface area contributed by atoms with E-state index in [0.717, 1.165) is 0 Å². The van der Waals surface area contributed by atoms with Crippen molar-refractivity contribution in [2.24, 2.45) is 0 Å². The highest BCUT2D eigenvalue weighted by molar-refractivity contribution is 8.67. The molecule has 0 aliphatic rings. The van der Waals surface area contributed by atoms with Crippen molar-refractivity contribution in [3.8, 4) is 0 Å². The van der Waals surface area contributed by atoms with Crippen molar-refractivity contribution in [2.45, 2.75) is 20.3 Å². The molecule has 0 saturated heterocycles. The summed E-state index contributed by atoms with van der Waals surface area (Å²) < 4.78 is 46.9. The van der Waals surface area contributed by atoms with E-state index in [1.807, 2.05) is 18.7 Å². The summed E-state index contributed by atoms with van der Waals surface area (Å²) in [6, 6.07) is 0. The number of hydrogen-bond acceptors (Lipinski definition) is 6. The van der Waals surface area contributed by atoms with Gasteiger partial charge in [-0.3, -0.25) is 0 Å². The summed E-state index contributed by atoms with van der Waals surface area (Å²) in [5, 5.41) is 2.79. The molecule has 0 heterocycles. The maximum absolute atomic E-state index is 11.7. The summed E-state index contributed by atoms with van der Waals surface area (Å²) in [4.78, 5) is 1.89. The van der Waals surface area contributed by atoms with Crippen LogP contribution in [0, 0.1) is 0 Å². The largest absolute Gasteiger partial charge is 0.320 e. The predicted molar refractivity (Wildman–Crippen MR) is 73.9 cm³/mol. The third-order valence-electron chi connectivity index (χ3n) is 2.76. The van der Waals surface area contributed by atoms with Gasteiger partial charge in [0.1, 0.15) is 0 Å². The molecule has 0 rings (SSSR count). The first kappa shape index (κ1) is 17.8. The van der Waals surface area contributed by atoms with Gasteiger partial charge in [0.2, 0.25) is 0 Å². The minimum atomic E-state index is -4.05. The summed E-state index contributed by atoms with van der Waals surface area (Å²) in [5.41, 5.74) is 0. The first-order chi connectivity index (χ1) is 8.30. The Labute approximate surface area is 110 Å². The second-order valence-corrected chi connectivity index (χ2v) is 10.1. The van der Waals surface area contributed by atoms with Gasteiger partial charge in [-0.2, -0.15) is 0 Å². The van der Waals surface area contributed by atoms with Crippen LogP contribution in [0.3, 0.4) is 0 Å². The zero-order valence-corrected chi connectivity index (χ0v) is 13.0. The lowest BCUT2D eigenvalue weighted by Crippen LogP contribution is -2.32. The Balaban J connectivity index is 4.52. The Morgan fingerprint density at radius 2 is 1.44 bits per heavy atom. The molecule has 18 heavy (non-hydrogen) atoms. The van der Waals surface area contributed by atoms with Gasteiger partial charge in [-0.15, -0.1) is 0 Å². The van der Waals surface area contributed by atoms with E-state index in [0.29, 0.717) is 26.1 Å². The maximum Gasteiger partial charge on any atom is 0.254 e. The highest BCUT2D eigenvalue weighted by atomic mass is 33.2. The molecular weight excluding hydrogens is 276 g/mol. The van der Waals surface area contributed by atoms with Crippen LogP contribution in [0.1, 0.15) is 20.3 Å². The first-order valence-electron chi connectivity index (χ1n) is 6.13. The van der Waals surface area contributed by atoms with Crippen LogP contribution in [-0.4, -0.2) is 66.5 Å². The molecule has 0 aliphatic carbocycles. The van der Waals surface area contributed by atoms with Crippen molar-refractivity contribution in [3.05, 3.63) is 0 Å². The highest BCUT2D eigenvalue weighted by Crippen LogP contribution is 2.07. The van der Waals surface area contributed by atoms with Gasteiger partial charge in [0.05, 0.1) is 11.5 Å². The molecule has 0 bridgehead atoms. The van der Waals surface area contributed by atoms with Crippen molar-refractivity contribution in [2.75, 3.05) is 44.7 Å². The van der Waals surface area contributed by atoms with E-state index in [9.17, 15) is 16.8 Å². The second-order valence-electron chi connectivity index (χ2n) is 4.01. The smallest absolute Gasteiger partial charge is 0.254 e. The van der Waals surface area contributed by atoms with Crippen LogP contribution in [-0.2, 0) is 17.7 Å². The lowest BCUT2D eigenvalue weighted by atomic mass is 10.5. The zero-order chi connectivity index (χ0) is 14.2. The van der Waals surface area contributed by atoms with E-state index in [4.69, 9.17) is 0 Å². The minimum absolute atomic E-state index is 0.264. The van der Waals surface area contributed by atoms with Crippen LogP contribution >= 0.6 is 0 Å². The number of hydrogen-bond donors (Lipinski definition) is 1. The van der Waals surface area contributed by atoms with E-state index in [-0.39, 0.29) is 18.1 Å². The molecule has 8 heteroatoms. The maximum atomic E-state index is 11.7. The third kappa shape index (κ3) is 5.64. The molecule has 0 fully saturated rings. The quantitative estimate of drug-likeness (QED) is 0.440. The first-order valence-corrected chi connectivity index (χ1v) is 9.95. The fraction of sp³-hybridized carbons (Fsp3) is 1.00. The molecule has 1 N–H and O–H groups in total. The Morgan fingerprint density at radius 1 is 0.944 bits per heavy atom. The Hall–Kier alpha value is -0.180. The predicted octanol–water partition coefficient (Wildman–Crippen LogP) is -0.318. The van der Waals surface area contributed by atoms with Crippen LogP contribution in [0.4, 0.5) is 0 Å². The van der Waals surface area contributed by atoms with Crippen LogP contribution in [0.2, 0.25) is 0 Å². The molecule has 6 nitrogen and oxygen atoms in total. The molecule has 0 atom stereocenters. The fourth-order valence-corrected chi connectivity index (χ4v) is 5.05. The van der Waals surface area contributed by atoms with Crippen molar-refractivity contribution < 1.29 is 16.8 Å². The topological polar surface area (TPSA) is 83.6 Å². The molecule has 0 spiro atoms. The standard InChI is InChI=1S/C10H24N2O4S2/c1-4-12(5-2)8-10-18(15,16)17(13,14)9-6-7-11-3/h11H,4-10H2,1-3H3. The normalized spacial score (nSPS) is 13.1. The van der Waals surface area contributed by atoms with Gasteiger partial charge in [-0.1, -0.05) is 13.8 Å². The highest BCUT2D eigenvalue weighted by Gasteiger charge is 2.28. The number of nitrogens with zero attached hydrogens (tertiary/aromatic N) is 1. The third-order valence-corrected chi connectivity index (χ3v) is 8.33. The van der Waals surface area contributed by atoms with Crippen LogP contribution < -0.4 is 5.32 Å². The molecular formula is C10H24N2O4S2. The molecule has 0 aromatic carbocycles. The Morgan fingerprint density at radius 3 is 1.89 bits per heavy atom. The SMILES string of the molecule is CCN(CC)CCS(=O)(=O)S(=O)(=O)CCCNC. The summed E-state index contributed by atoms with van der Waals surface area (Å²) in [7, 11) is -6.40. The average molecular weight is 300 g/mol. The summed E-state index contributed by atoms with van der Waals surface area (Å²) in [5.74, 6) is -0.634. The van der Waals surface area contributed by atoms with Crippen molar-refractivity contribution in [1.29, 1.82) is 0 Å². The van der Waals surface area contributed by atoms with E-state index in [1.54, 1.807) is 7.05 Å². The second kappa shape index (κ2) is 8.08. The van der Waals surface area contributed by atoms with E-state index < -0.39 is 17.7 Å². The molecule has 0 amide bonds. The van der Waals surface area contributed by atoms with Gasteiger partial charge in [0.15, 0.2) is 0 Å². The van der Waals surface area contributed by atoms with Crippen molar-refractivity contribution in [3.63, 3.8) is 0 Å². The molecule has 0 radical (unpaired) electrons. The van der Waals surface area contributed by atoms with Gasteiger partial charge >= 0.3 is 0 Å². The molecule has 0 unspecified atom stereocenters. The molecule has 110 valence electrons. The van der Waals surface area contributed by atoms with E-state index in [1.165, 1.54) is 0 Å². The van der Waals surface area contributed by atoms with Gasteiger partial charge < -0.3 is 10.2 Å². The van der Waals surface area contributed by atoms with Gasteiger partial charge in [-0.25, -0.2) is 16.8 Å². The summed E-state index contributed by atoms with van der Waals surface area (Å²) in [6.07, 6.45) is 0.309. The molecule has 0 aliphatic heterocycles. The van der Waals surface area contributed by atoms with Gasteiger partial charge in [0.25, 0.3) is 17.7 Å². The zero-order valence-electron chi connectivity index (χ0n) is 11.3. The van der Waals surface area contributed by atoms with Crippen LogP contribution in [0.15, 0.2) is 0 Å². The lowest BCUT2D eigenvalue weighted by molar-refractivity contribution is 0.322. The number of rotatable bonds is 10. The number of nitrogens with one attached hydrogen (secondary N) is 1. The minimum Gasteiger partial charge on any atom is -0.320 e. The summed E-state index contributed by atoms with van der Waals surface area (Å²) >= 11 is 0. The van der Waals surface area contributed by atoms with Crippen LogP contribution in [0.5, 0.6) is 0 Å². The van der Waals surface area contributed by atoms with Gasteiger partial charge in [0, 0.05) is 6.54 Å². The van der Waals surface area contributed by atoms with Crippen molar-refractivity contribution in [1.82, 2.24) is 10.2 Å². The van der Waals surface area contributed by atoms with E-state index in [2.05, 4.69) is 5.32 Å². The Kier molecular flexibility index (Phi) is 8.00. The fourth-order valence-electron chi connectivity index (χ4n) is 1.46.